The van der Waals surface area contributed by atoms with Gasteiger partial charge in [-0.2, -0.15) is 0 Å². The topological polar surface area (TPSA) is 0 Å². The number of hydrogen-bond acceptors (Lipinski definition) is 0. The van der Waals surface area contributed by atoms with E-state index in [4.69, 9.17) is 0 Å². The first kappa shape index (κ1) is 17.9. The molecule has 0 unspecified atom stereocenters. The van der Waals surface area contributed by atoms with Crippen LogP contribution in [-0.2, 0) is 0 Å². The second-order valence-electron chi connectivity index (χ2n) is 10.3. The Morgan fingerprint density at radius 3 is 1.40 bits per heavy atom. The molecule has 140 valence electrons. The van der Waals surface area contributed by atoms with Crippen molar-refractivity contribution in [3.05, 3.63) is 0 Å². The third kappa shape index (κ3) is 5.28. The SMILES string of the molecule is CC1CCC(C#CC2CCC(C3CCC(CC4CC4)CC3)CC2)CC1. The molecule has 4 aliphatic rings. The highest BCUT2D eigenvalue weighted by molar-refractivity contribution is 5.09. The fourth-order valence-corrected chi connectivity index (χ4v) is 6.10. The summed E-state index contributed by atoms with van der Waals surface area (Å²) in [6.07, 6.45) is 22.2. The molecular formula is C25H40. The average Bonchev–Trinajstić information content (AvgIpc) is 3.46. The van der Waals surface area contributed by atoms with Crippen LogP contribution in [0.2, 0.25) is 0 Å². The van der Waals surface area contributed by atoms with Crippen molar-refractivity contribution < 1.29 is 0 Å². The normalized spacial score (nSPS) is 42.4. The van der Waals surface area contributed by atoms with E-state index in [9.17, 15) is 0 Å². The molecule has 0 radical (unpaired) electrons. The summed E-state index contributed by atoms with van der Waals surface area (Å²) >= 11 is 0. The van der Waals surface area contributed by atoms with Gasteiger partial charge in [-0.3, -0.25) is 0 Å². The number of hydrogen-bond donors (Lipinski definition) is 0. The van der Waals surface area contributed by atoms with Gasteiger partial charge in [0.05, 0.1) is 0 Å². The molecule has 0 spiro atoms. The van der Waals surface area contributed by atoms with Crippen LogP contribution in [0.4, 0.5) is 0 Å². The third-order valence-corrected chi connectivity index (χ3v) is 8.20. The van der Waals surface area contributed by atoms with E-state index < -0.39 is 0 Å². The highest BCUT2D eigenvalue weighted by atomic mass is 14.4. The van der Waals surface area contributed by atoms with E-state index in [1.54, 1.807) is 44.9 Å². The van der Waals surface area contributed by atoms with Crippen molar-refractivity contribution in [2.75, 3.05) is 0 Å². The Hall–Kier alpha value is -0.440. The first-order chi connectivity index (χ1) is 12.3. The molecule has 0 bridgehead atoms. The van der Waals surface area contributed by atoms with Crippen molar-refractivity contribution in [1.29, 1.82) is 0 Å². The molecule has 4 saturated carbocycles. The second-order valence-corrected chi connectivity index (χ2v) is 10.3. The van der Waals surface area contributed by atoms with Crippen molar-refractivity contribution in [1.82, 2.24) is 0 Å². The van der Waals surface area contributed by atoms with Gasteiger partial charge in [0.2, 0.25) is 0 Å². The van der Waals surface area contributed by atoms with Crippen molar-refractivity contribution in [3.8, 4) is 11.8 Å². The second kappa shape index (κ2) is 8.50. The van der Waals surface area contributed by atoms with E-state index in [2.05, 4.69) is 18.8 Å². The average molecular weight is 341 g/mol. The van der Waals surface area contributed by atoms with Gasteiger partial charge in [-0.25, -0.2) is 0 Å². The molecule has 0 atom stereocenters. The molecule has 4 rings (SSSR count). The monoisotopic (exact) mass is 340 g/mol. The first-order valence-electron chi connectivity index (χ1n) is 11.8. The predicted octanol–water partition coefficient (Wildman–Crippen LogP) is 7.23. The van der Waals surface area contributed by atoms with Gasteiger partial charge in [0.1, 0.15) is 0 Å². The van der Waals surface area contributed by atoms with Crippen molar-refractivity contribution in [2.45, 2.75) is 103 Å². The maximum atomic E-state index is 3.72. The minimum Gasteiger partial charge on any atom is -0.0996 e. The van der Waals surface area contributed by atoms with E-state index in [0.29, 0.717) is 0 Å². The number of rotatable bonds is 3. The van der Waals surface area contributed by atoms with E-state index in [1.165, 1.54) is 51.4 Å². The molecular weight excluding hydrogens is 300 g/mol. The highest BCUT2D eigenvalue weighted by Crippen LogP contribution is 2.45. The van der Waals surface area contributed by atoms with Crippen LogP contribution < -0.4 is 0 Å². The Morgan fingerprint density at radius 1 is 0.520 bits per heavy atom. The van der Waals surface area contributed by atoms with Gasteiger partial charge in [-0.15, -0.1) is 0 Å². The van der Waals surface area contributed by atoms with Crippen LogP contribution in [0.15, 0.2) is 0 Å². The molecule has 0 aromatic carbocycles. The molecule has 0 amide bonds. The first-order valence-corrected chi connectivity index (χ1v) is 11.8. The Labute approximate surface area is 156 Å². The summed E-state index contributed by atoms with van der Waals surface area (Å²) in [5.74, 6) is 14.2. The van der Waals surface area contributed by atoms with Crippen LogP contribution in [0.25, 0.3) is 0 Å². The van der Waals surface area contributed by atoms with Crippen LogP contribution in [0.5, 0.6) is 0 Å². The standard InChI is InChI=1S/C25H40/c1-19-2-4-20(5-3-19)6-7-21-10-14-24(15-11-21)25-16-12-23(13-17-25)18-22-8-9-22/h19-25H,2-5,8-18H2,1H3. The lowest BCUT2D eigenvalue weighted by Crippen LogP contribution is -2.25. The van der Waals surface area contributed by atoms with E-state index in [1.807, 2.05) is 0 Å². The maximum Gasteiger partial charge on any atom is 0.0203 e. The van der Waals surface area contributed by atoms with Gasteiger partial charge < -0.3 is 0 Å². The van der Waals surface area contributed by atoms with Crippen molar-refractivity contribution in [3.63, 3.8) is 0 Å². The minimum atomic E-state index is 0.732. The summed E-state index contributed by atoms with van der Waals surface area (Å²) in [5, 5.41) is 0. The van der Waals surface area contributed by atoms with E-state index in [0.717, 1.165) is 41.4 Å². The largest absolute Gasteiger partial charge is 0.0996 e. The van der Waals surface area contributed by atoms with Gasteiger partial charge in [0.15, 0.2) is 0 Å². The minimum absolute atomic E-state index is 0.732. The van der Waals surface area contributed by atoms with E-state index in [-0.39, 0.29) is 0 Å². The zero-order valence-corrected chi connectivity index (χ0v) is 16.6. The molecule has 4 fully saturated rings. The zero-order valence-electron chi connectivity index (χ0n) is 16.6. The molecule has 25 heavy (non-hydrogen) atoms. The Bertz CT molecular complexity index is 452. The Kier molecular flexibility index (Phi) is 6.10. The zero-order chi connectivity index (χ0) is 17.1. The van der Waals surface area contributed by atoms with Gasteiger partial charge in [-0.05, 0) is 100 Å². The third-order valence-electron chi connectivity index (χ3n) is 8.20. The molecule has 0 N–H and O–H groups in total. The predicted molar refractivity (Wildman–Crippen MR) is 107 cm³/mol. The molecule has 0 nitrogen and oxygen atoms in total. The fraction of sp³-hybridized carbons (Fsp3) is 0.920. The van der Waals surface area contributed by atoms with Crippen LogP contribution in [0, 0.1) is 53.3 Å². The van der Waals surface area contributed by atoms with Crippen molar-refractivity contribution in [2.24, 2.45) is 41.4 Å². The lowest BCUT2D eigenvalue weighted by Gasteiger charge is -2.37. The summed E-state index contributed by atoms with van der Waals surface area (Å²) in [4.78, 5) is 0. The summed E-state index contributed by atoms with van der Waals surface area (Å²) < 4.78 is 0. The Balaban J connectivity index is 1.16. The lowest BCUT2D eigenvalue weighted by atomic mass is 9.68. The van der Waals surface area contributed by atoms with Crippen LogP contribution in [0.1, 0.15) is 103 Å². The molecule has 4 aliphatic carbocycles. The van der Waals surface area contributed by atoms with Gasteiger partial charge in [0, 0.05) is 11.8 Å². The van der Waals surface area contributed by atoms with Crippen molar-refractivity contribution >= 4 is 0 Å². The summed E-state index contributed by atoms with van der Waals surface area (Å²) in [7, 11) is 0. The quantitative estimate of drug-likeness (QED) is 0.475. The van der Waals surface area contributed by atoms with E-state index >= 15 is 0 Å². The molecule has 0 aliphatic heterocycles. The molecule has 0 saturated heterocycles. The lowest BCUT2D eigenvalue weighted by molar-refractivity contribution is 0.152. The van der Waals surface area contributed by atoms with Crippen LogP contribution in [0.3, 0.4) is 0 Å². The maximum absolute atomic E-state index is 3.72. The Morgan fingerprint density at radius 2 is 0.920 bits per heavy atom. The molecule has 0 heteroatoms. The van der Waals surface area contributed by atoms with Crippen LogP contribution in [-0.4, -0.2) is 0 Å². The van der Waals surface area contributed by atoms with Gasteiger partial charge in [-0.1, -0.05) is 44.4 Å². The summed E-state index contributed by atoms with van der Waals surface area (Å²) in [6, 6.07) is 0. The van der Waals surface area contributed by atoms with Crippen LogP contribution >= 0.6 is 0 Å². The van der Waals surface area contributed by atoms with Gasteiger partial charge in [0.25, 0.3) is 0 Å². The van der Waals surface area contributed by atoms with Gasteiger partial charge >= 0.3 is 0 Å². The summed E-state index contributed by atoms with van der Waals surface area (Å²) in [5.41, 5.74) is 0. The fourth-order valence-electron chi connectivity index (χ4n) is 6.10. The summed E-state index contributed by atoms with van der Waals surface area (Å²) in [6.45, 7) is 2.41. The molecule has 0 heterocycles. The molecule has 0 aromatic heterocycles. The smallest absolute Gasteiger partial charge is 0.0203 e. The molecule has 0 aromatic rings. The highest BCUT2D eigenvalue weighted by Gasteiger charge is 2.32.